The van der Waals surface area contributed by atoms with Gasteiger partial charge in [-0.15, -0.1) is 11.3 Å². The number of hydrogen-bond donors (Lipinski definition) is 1. The topological polar surface area (TPSA) is 96.4 Å². The summed E-state index contributed by atoms with van der Waals surface area (Å²) in [6, 6.07) is 1.76. The first kappa shape index (κ1) is 26.9. The first-order valence-electron chi connectivity index (χ1n) is 13.3. The van der Waals surface area contributed by atoms with Gasteiger partial charge in [0, 0.05) is 36.3 Å². The van der Waals surface area contributed by atoms with Crippen LogP contribution in [0.15, 0.2) is 6.07 Å². The molecule has 36 heavy (non-hydrogen) atoms. The second-order valence-electron chi connectivity index (χ2n) is 11.6. The summed E-state index contributed by atoms with van der Waals surface area (Å²) in [5, 5.41) is 10.1. The van der Waals surface area contributed by atoms with Crippen LogP contribution in [0.5, 0.6) is 0 Å². The molecule has 1 aromatic heterocycles. The number of likely N-dealkylation sites (tertiary alicyclic amines) is 1. The smallest absolute Gasteiger partial charge is 0.410 e. The van der Waals surface area contributed by atoms with Crippen molar-refractivity contribution < 1.29 is 29.0 Å². The molecule has 1 N–H and O–H groups in total. The molecule has 1 saturated carbocycles. The van der Waals surface area contributed by atoms with Gasteiger partial charge in [0.15, 0.2) is 0 Å². The molecule has 1 atom stereocenters. The van der Waals surface area contributed by atoms with Gasteiger partial charge in [-0.3, -0.25) is 4.79 Å². The Balaban J connectivity index is 1.57. The Kier molecular flexibility index (Phi) is 8.29. The second-order valence-corrected chi connectivity index (χ2v) is 12.7. The van der Waals surface area contributed by atoms with Crippen LogP contribution in [-0.2, 0) is 19.7 Å². The van der Waals surface area contributed by atoms with Crippen molar-refractivity contribution in [1.82, 2.24) is 4.90 Å². The van der Waals surface area contributed by atoms with E-state index in [1.54, 1.807) is 9.80 Å². The molecule has 2 saturated heterocycles. The maximum atomic E-state index is 14.0. The van der Waals surface area contributed by atoms with E-state index >= 15 is 0 Å². The molecule has 0 radical (unpaired) electrons. The van der Waals surface area contributed by atoms with Crippen molar-refractivity contribution >= 4 is 35.0 Å². The van der Waals surface area contributed by atoms with Crippen LogP contribution in [0.25, 0.3) is 0 Å². The predicted molar refractivity (Wildman–Crippen MR) is 139 cm³/mol. The molecule has 0 spiro atoms. The Morgan fingerprint density at radius 2 is 1.75 bits per heavy atom. The van der Waals surface area contributed by atoms with Crippen LogP contribution in [-0.4, -0.2) is 66.4 Å². The Hall–Kier alpha value is -2.13. The molecule has 2 amide bonds. The minimum atomic E-state index is -1.000. The zero-order valence-corrected chi connectivity index (χ0v) is 22.8. The lowest BCUT2D eigenvalue weighted by Crippen LogP contribution is -2.51. The summed E-state index contributed by atoms with van der Waals surface area (Å²) in [6.07, 6.45) is 5.08. The Bertz CT molecular complexity index is 948. The Morgan fingerprint density at radius 3 is 2.31 bits per heavy atom. The highest BCUT2D eigenvalue weighted by Gasteiger charge is 2.39. The van der Waals surface area contributed by atoms with Crippen molar-refractivity contribution in [3.63, 3.8) is 0 Å². The molecule has 200 valence electrons. The van der Waals surface area contributed by atoms with E-state index in [4.69, 9.17) is 9.47 Å². The van der Waals surface area contributed by atoms with Gasteiger partial charge in [0.25, 0.3) is 0 Å². The summed E-state index contributed by atoms with van der Waals surface area (Å²) in [4.78, 5) is 43.6. The number of thiophene rings is 1. The molecule has 3 heterocycles. The van der Waals surface area contributed by atoms with Crippen LogP contribution in [0.4, 0.5) is 10.5 Å². The Morgan fingerprint density at radius 1 is 1.08 bits per heavy atom. The number of ether oxygens (including phenoxy) is 2. The third-order valence-electron chi connectivity index (χ3n) is 7.75. The van der Waals surface area contributed by atoms with E-state index in [2.05, 4.69) is 27.7 Å². The standard InChI is InChI=1S/C27H40N2O6S/c1-17-5-7-18(8-6-17)24(30)29(21-15-22(27(2,3)4)36-23(21)25(31)32)19-9-12-28(13-10-19)26(33)35-20-11-14-34-16-20/h15,17-20H,5-14,16H2,1-4H3,(H,31,32)/t17-,18-,20-/m0/s1. The van der Waals surface area contributed by atoms with Crippen molar-refractivity contribution in [3.05, 3.63) is 15.8 Å². The average Bonchev–Trinajstić information content (AvgIpc) is 3.50. The van der Waals surface area contributed by atoms with E-state index < -0.39 is 5.97 Å². The number of carboxylic acids is 1. The molecule has 3 fully saturated rings. The van der Waals surface area contributed by atoms with Crippen LogP contribution >= 0.6 is 11.3 Å². The monoisotopic (exact) mass is 520 g/mol. The first-order chi connectivity index (χ1) is 17.0. The maximum Gasteiger partial charge on any atom is 0.410 e. The summed E-state index contributed by atoms with van der Waals surface area (Å²) >= 11 is 1.26. The number of aromatic carboxylic acids is 1. The number of carbonyl (C=O) groups is 3. The highest BCUT2D eigenvalue weighted by Crippen LogP contribution is 2.41. The minimum absolute atomic E-state index is 0.0341. The van der Waals surface area contributed by atoms with Crippen molar-refractivity contribution in [1.29, 1.82) is 0 Å². The van der Waals surface area contributed by atoms with Crippen LogP contribution in [0, 0.1) is 11.8 Å². The van der Waals surface area contributed by atoms with Gasteiger partial charge < -0.3 is 24.4 Å². The molecule has 9 heteroatoms. The van der Waals surface area contributed by atoms with Gasteiger partial charge >= 0.3 is 12.1 Å². The summed E-state index contributed by atoms with van der Waals surface area (Å²) in [5.41, 5.74) is 0.296. The van der Waals surface area contributed by atoms with Gasteiger partial charge in [0.05, 0.1) is 18.9 Å². The normalized spacial score (nSPS) is 25.6. The fraction of sp³-hybridized carbons (Fsp3) is 0.741. The number of rotatable bonds is 5. The van der Waals surface area contributed by atoms with Gasteiger partial charge in [-0.05, 0) is 55.9 Å². The molecule has 2 aliphatic heterocycles. The van der Waals surface area contributed by atoms with E-state index in [0.29, 0.717) is 50.8 Å². The minimum Gasteiger partial charge on any atom is -0.477 e. The molecule has 0 aromatic carbocycles. The molecule has 0 bridgehead atoms. The Labute approximate surface area is 217 Å². The van der Waals surface area contributed by atoms with E-state index in [1.807, 2.05) is 6.07 Å². The lowest BCUT2D eigenvalue weighted by atomic mass is 9.82. The third-order valence-corrected chi connectivity index (χ3v) is 9.29. The fourth-order valence-electron chi connectivity index (χ4n) is 5.41. The number of carboxylic acid groups (broad SMARTS) is 1. The molecule has 1 aliphatic carbocycles. The van der Waals surface area contributed by atoms with Crippen molar-refractivity contribution in [3.8, 4) is 0 Å². The maximum absolute atomic E-state index is 14.0. The molecule has 0 unspecified atom stereocenters. The summed E-state index contributed by atoms with van der Waals surface area (Å²) in [6.45, 7) is 10.4. The lowest BCUT2D eigenvalue weighted by Gasteiger charge is -2.40. The van der Waals surface area contributed by atoms with Crippen LogP contribution in [0.1, 0.15) is 87.2 Å². The zero-order valence-electron chi connectivity index (χ0n) is 22.0. The number of hydrogen-bond acceptors (Lipinski definition) is 6. The quantitative estimate of drug-likeness (QED) is 0.567. The highest BCUT2D eigenvalue weighted by molar-refractivity contribution is 7.14. The van der Waals surface area contributed by atoms with Crippen molar-refractivity contribution in [2.24, 2.45) is 11.8 Å². The predicted octanol–water partition coefficient (Wildman–Crippen LogP) is 5.29. The summed E-state index contributed by atoms with van der Waals surface area (Å²) in [5.74, 6) is -0.441. The summed E-state index contributed by atoms with van der Waals surface area (Å²) in [7, 11) is 0. The van der Waals surface area contributed by atoms with Crippen molar-refractivity contribution in [2.45, 2.75) is 90.2 Å². The average molecular weight is 521 g/mol. The largest absolute Gasteiger partial charge is 0.477 e. The van der Waals surface area contributed by atoms with Crippen LogP contribution in [0.3, 0.4) is 0 Å². The SMILES string of the molecule is CC(C)(C)c1cc(N(C(=O)[C@H]2CC[C@H](C)CC2)C2CCN(C(=O)O[C@H]3CCOC3)CC2)c(C(=O)O)s1. The fourth-order valence-corrected chi connectivity index (χ4v) is 6.46. The number of nitrogens with zero attached hydrogens (tertiary/aromatic N) is 2. The third kappa shape index (κ3) is 6.05. The zero-order chi connectivity index (χ0) is 26.0. The van der Waals surface area contributed by atoms with Gasteiger partial charge in [0.2, 0.25) is 5.91 Å². The van der Waals surface area contributed by atoms with Gasteiger partial charge in [0.1, 0.15) is 11.0 Å². The molecular weight excluding hydrogens is 480 g/mol. The lowest BCUT2D eigenvalue weighted by molar-refractivity contribution is -0.124. The van der Waals surface area contributed by atoms with E-state index in [9.17, 15) is 19.5 Å². The molecular formula is C27H40N2O6S. The van der Waals surface area contributed by atoms with Crippen LogP contribution < -0.4 is 4.90 Å². The number of amides is 2. The number of anilines is 1. The molecule has 4 rings (SSSR count). The molecule has 8 nitrogen and oxygen atoms in total. The van der Waals surface area contributed by atoms with Gasteiger partial charge in [-0.25, -0.2) is 9.59 Å². The second kappa shape index (κ2) is 11.1. The van der Waals surface area contributed by atoms with Crippen molar-refractivity contribution in [2.75, 3.05) is 31.2 Å². The van der Waals surface area contributed by atoms with Crippen LogP contribution in [0.2, 0.25) is 0 Å². The van der Waals surface area contributed by atoms with E-state index in [1.165, 1.54) is 11.3 Å². The van der Waals surface area contributed by atoms with Gasteiger partial charge in [-0.2, -0.15) is 0 Å². The number of piperidine rings is 1. The van der Waals surface area contributed by atoms with E-state index in [-0.39, 0.29) is 40.4 Å². The van der Waals surface area contributed by atoms with E-state index in [0.717, 1.165) is 37.0 Å². The molecule has 1 aromatic rings. The van der Waals surface area contributed by atoms with Gasteiger partial charge in [-0.1, -0.05) is 27.7 Å². The highest BCUT2D eigenvalue weighted by atomic mass is 32.1. The number of carbonyl (C=O) groups excluding carboxylic acids is 2. The summed E-state index contributed by atoms with van der Waals surface area (Å²) < 4.78 is 10.9. The molecule has 3 aliphatic rings. The first-order valence-corrected chi connectivity index (χ1v) is 14.1.